The molecule has 0 N–H and O–H groups in total. The van der Waals surface area contributed by atoms with E-state index in [2.05, 4.69) is 36.8 Å². The van der Waals surface area contributed by atoms with E-state index in [4.69, 9.17) is 0 Å². The van der Waals surface area contributed by atoms with E-state index in [0.717, 1.165) is 0 Å². The summed E-state index contributed by atoms with van der Waals surface area (Å²) in [6, 6.07) is 0. The summed E-state index contributed by atoms with van der Waals surface area (Å²) < 4.78 is 4.14. The molecule has 0 amide bonds. The average Bonchev–Trinajstić information content (AvgIpc) is 2.29. The van der Waals surface area contributed by atoms with E-state index >= 15 is 0 Å². The predicted molar refractivity (Wildman–Crippen MR) is 95.3 cm³/mol. The number of allylic oxidation sites excluding steroid dienone is 2. The molecule has 2 heteroatoms. The standard InChI is InChI=1S/C11H18.6CH3.2Sn/c1-2-4-6-8-10-11-9-7-5-3-1;;;;;;;;/h1-9H2;6*1H3;;. The first-order valence-electron chi connectivity index (χ1n) is 8.46. The van der Waals surface area contributed by atoms with Crippen molar-refractivity contribution in [2.24, 2.45) is 0 Å². The summed E-state index contributed by atoms with van der Waals surface area (Å²) in [5.41, 5.74) is 0. The molecular weight excluding hydrogens is 442 g/mol. The van der Waals surface area contributed by atoms with Gasteiger partial charge in [0.15, 0.2) is 0 Å². The Balaban J connectivity index is 3.05. The van der Waals surface area contributed by atoms with Crippen molar-refractivity contribution >= 4 is 36.8 Å². The Labute approximate surface area is 130 Å². The molecule has 0 nitrogen and oxygen atoms in total. The van der Waals surface area contributed by atoms with Crippen LogP contribution < -0.4 is 0 Å². The minimum atomic E-state index is -1.88. The zero-order valence-electron chi connectivity index (χ0n) is 14.4. The van der Waals surface area contributed by atoms with Crippen molar-refractivity contribution in [3.05, 3.63) is 7.18 Å². The van der Waals surface area contributed by atoms with E-state index in [1.54, 1.807) is 0 Å². The Morgan fingerprint density at radius 1 is 0.474 bits per heavy atom. The van der Waals surface area contributed by atoms with Gasteiger partial charge in [0.2, 0.25) is 0 Å². The molecule has 112 valence electrons. The summed E-state index contributed by atoms with van der Waals surface area (Å²) in [4.78, 5) is 15.9. The van der Waals surface area contributed by atoms with E-state index in [0.29, 0.717) is 0 Å². The van der Waals surface area contributed by atoms with Crippen LogP contribution in [0.2, 0.25) is 29.6 Å². The molecule has 19 heavy (non-hydrogen) atoms. The first-order valence-corrected chi connectivity index (χ1v) is 28.4. The van der Waals surface area contributed by atoms with Crippen molar-refractivity contribution in [3.8, 4) is 0 Å². The summed E-state index contributed by atoms with van der Waals surface area (Å²) in [5, 5.41) is 0. The summed E-state index contributed by atoms with van der Waals surface area (Å²) in [6.45, 7) is 0. The quantitative estimate of drug-likeness (QED) is 0.395. The van der Waals surface area contributed by atoms with Crippen LogP contribution >= 0.6 is 0 Å². The maximum absolute atomic E-state index is 2.65. The minimum absolute atomic E-state index is 1.48. The van der Waals surface area contributed by atoms with Crippen molar-refractivity contribution in [1.82, 2.24) is 0 Å². The van der Waals surface area contributed by atoms with Gasteiger partial charge in [-0.1, -0.05) is 0 Å². The van der Waals surface area contributed by atoms with Crippen LogP contribution in [0.15, 0.2) is 7.18 Å². The first kappa shape index (κ1) is 18.4. The van der Waals surface area contributed by atoms with Crippen molar-refractivity contribution < 1.29 is 0 Å². The van der Waals surface area contributed by atoms with E-state index in [-0.39, 0.29) is 0 Å². The van der Waals surface area contributed by atoms with Gasteiger partial charge >= 0.3 is 131 Å². The number of hydrogen-bond acceptors (Lipinski definition) is 0. The maximum atomic E-state index is 2.65. The molecule has 0 saturated carbocycles. The second-order valence-electron chi connectivity index (χ2n) is 8.43. The van der Waals surface area contributed by atoms with Crippen LogP contribution in [0.1, 0.15) is 57.8 Å². The van der Waals surface area contributed by atoms with Crippen molar-refractivity contribution in [3.63, 3.8) is 0 Å². The van der Waals surface area contributed by atoms with Gasteiger partial charge in [0.05, 0.1) is 0 Å². The summed E-state index contributed by atoms with van der Waals surface area (Å²) >= 11 is -3.75. The summed E-state index contributed by atoms with van der Waals surface area (Å²) in [5.74, 6) is 0. The van der Waals surface area contributed by atoms with E-state index in [1.807, 2.05) is 0 Å². The summed E-state index contributed by atoms with van der Waals surface area (Å²) in [6.07, 6.45) is 13.3. The molecule has 0 aliphatic heterocycles. The van der Waals surface area contributed by atoms with Gasteiger partial charge in [-0.05, 0) is 0 Å². The zero-order valence-corrected chi connectivity index (χ0v) is 20.1. The predicted octanol–water partition coefficient (Wildman–Crippen LogP) is 6.56. The average molecular weight is 478 g/mol. The second kappa shape index (κ2) is 8.10. The molecule has 0 saturated heterocycles. The van der Waals surface area contributed by atoms with Crippen LogP contribution in [0.4, 0.5) is 0 Å². The summed E-state index contributed by atoms with van der Waals surface area (Å²) in [7, 11) is 0. The van der Waals surface area contributed by atoms with Crippen LogP contribution in [-0.2, 0) is 0 Å². The van der Waals surface area contributed by atoms with E-state index in [1.165, 1.54) is 57.8 Å². The molecule has 0 aromatic carbocycles. The Bertz CT molecular complexity index is 272. The molecule has 0 unspecified atom stereocenters. The molecule has 0 fully saturated rings. The SMILES string of the molecule is [CH3][Sn]([CH3])([CH3])/[C]1=[C](\[Sn]([CH3])([CH3])[CH3])CCCCCCCCC1. The topological polar surface area (TPSA) is 0 Å². The van der Waals surface area contributed by atoms with Crippen LogP contribution in [0.3, 0.4) is 0 Å². The fourth-order valence-electron chi connectivity index (χ4n) is 3.44. The van der Waals surface area contributed by atoms with Crippen LogP contribution in [-0.4, -0.2) is 36.8 Å². The third-order valence-corrected chi connectivity index (χ3v) is 20.1. The Kier molecular flexibility index (Phi) is 7.84. The van der Waals surface area contributed by atoms with Crippen LogP contribution in [0.5, 0.6) is 0 Å². The number of hydrogen-bond donors (Lipinski definition) is 0. The van der Waals surface area contributed by atoms with Gasteiger partial charge in [-0.15, -0.1) is 0 Å². The fraction of sp³-hybridized carbons (Fsp3) is 0.882. The normalized spacial score (nSPS) is 24.9. The molecular formula is C17H36Sn2. The molecule has 0 atom stereocenters. The van der Waals surface area contributed by atoms with Crippen molar-refractivity contribution in [1.29, 1.82) is 0 Å². The molecule has 0 aromatic heterocycles. The van der Waals surface area contributed by atoms with E-state index < -0.39 is 36.8 Å². The van der Waals surface area contributed by atoms with Gasteiger partial charge in [-0.2, -0.15) is 0 Å². The van der Waals surface area contributed by atoms with Crippen molar-refractivity contribution in [2.75, 3.05) is 0 Å². The molecule has 1 aliphatic carbocycles. The van der Waals surface area contributed by atoms with Crippen LogP contribution in [0, 0.1) is 0 Å². The molecule has 0 bridgehead atoms. The van der Waals surface area contributed by atoms with Gasteiger partial charge in [0, 0.05) is 0 Å². The molecule has 0 heterocycles. The fourth-order valence-corrected chi connectivity index (χ4v) is 29.0. The van der Waals surface area contributed by atoms with Gasteiger partial charge in [0.25, 0.3) is 0 Å². The molecule has 0 spiro atoms. The Hall–Kier alpha value is 1.34. The molecule has 1 rings (SSSR count). The third-order valence-electron chi connectivity index (χ3n) is 4.53. The van der Waals surface area contributed by atoms with Gasteiger partial charge < -0.3 is 0 Å². The second-order valence-corrected chi connectivity index (χ2v) is 37.6. The van der Waals surface area contributed by atoms with Crippen LogP contribution in [0.25, 0.3) is 0 Å². The van der Waals surface area contributed by atoms with Gasteiger partial charge in [0.1, 0.15) is 0 Å². The van der Waals surface area contributed by atoms with Gasteiger partial charge in [-0.25, -0.2) is 0 Å². The van der Waals surface area contributed by atoms with E-state index in [9.17, 15) is 0 Å². The first-order chi connectivity index (χ1) is 8.73. The van der Waals surface area contributed by atoms with Gasteiger partial charge in [-0.3, -0.25) is 0 Å². The molecule has 0 aromatic rings. The monoisotopic (exact) mass is 480 g/mol. The van der Waals surface area contributed by atoms with Crippen molar-refractivity contribution in [2.45, 2.75) is 87.4 Å². The Morgan fingerprint density at radius 3 is 1.00 bits per heavy atom. The molecule has 0 radical (unpaired) electrons. The number of rotatable bonds is 2. The Morgan fingerprint density at radius 2 is 0.737 bits per heavy atom. The molecule has 1 aliphatic rings. The third kappa shape index (κ3) is 6.75. The zero-order chi connectivity index (χ0) is 14.5.